The lowest BCUT2D eigenvalue weighted by Gasteiger charge is -2.25. The lowest BCUT2D eigenvalue weighted by atomic mass is 10.0. The third-order valence-electron chi connectivity index (χ3n) is 3.74. The highest BCUT2D eigenvalue weighted by molar-refractivity contribution is 9.10. The lowest BCUT2D eigenvalue weighted by molar-refractivity contribution is 0.129. The Kier molecular flexibility index (Phi) is 4.65. The quantitative estimate of drug-likeness (QED) is 0.896. The summed E-state index contributed by atoms with van der Waals surface area (Å²) in [6.45, 7) is 2.84. The molecule has 1 fully saturated rings. The average molecular weight is 345 g/mol. The lowest BCUT2D eigenvalue weighted by Crippen LogP contribution is -2.40. The number of hydrogen-bond acceptors (Lipinski definition) is 2. The predicted octanol–water partition coefficient (Wildman–Crippen LogP) is 2.85. The maximum atomic E-state index is 13.9. The van der Waals surface area contributed by atoms with E-state index >= 15 is 0 Å². The first-order valence-corrected chi connectivity index (χ1v) is 7.35. The summed E-state index contributed by atoms with van der Waals surface area (Å²) in [4.78, 5) is 15.3. The molecule has 4 nitrogen and oxygen atoms in total. The summed E-state index contributed by atoms with van der Waals surface area (Å²) in [5.41, 5.74) is 0.249. The fraction of sp³-hybridized carbons (Fsp3) is 0.500. The van der Waals surface area contributed by atoms with Crippen LogP contribution in [0.25, 0.3) is 0 Å². The first kappa shape index (κ1) is 15.3. The number of urea groups is 1. The SMILES string of the molecule is CC(O)C1CCN(C(=O)N(C)c2ccc(Br)cc2F)C1. The summed E-state index contributed by atoms with van der Waals surface area (Å²) < 4.78 is 14.5. The molecule has 20 heavy (non-hydrogen) atoms. The van der Waals surface area contributed by atoms with Crippen molar-refractivity contribution in [3.63, 3.8) is 0 Å². The van der Waals surface area contributed by atoms with Gasteiger partial charge in [-0.05, 0) is 31.5 Å². The molecule has 1 aromatic carbocycles. The Morgan fingerprint density at radius 1 is 1.60 bits per heavy atom. The van der Waals surface area contributed by atoms with Crippen molar-refractivity contribution in [2.45, 2.75) is 19.4 Å². The number of carbonyl (C=O) groups excluding carboxylic acids is 1. The zero-order chi connectivity index (χ0) is 14.9. The van der Waals surface area contributed by atoms with Crippen LogP contribution in [0.1, 0.15) is 13.3 Å². The molecule has 2 amide bonds. The van der Waals surface area contributed by atoms with E-state index < -0.39 is 11.9 Å². The van der Waals surface area contributed by atoms with Crippen molar-refractivity contribution >= 4 is 27.6 Å². The van der Waals surface area contributed by atoms with E-state index in [1.54, 1.807) is 31.0 Å². The van der Waals surface area contributed by atoms with Crippen molar-refractivity contribution in [2.24, 2.45) is 5.92 Å². The van der Waals surface area contributed by atoms with Crippen LogP contribution in [-0.2, 0) is 0 Å². The Hall–Kier alpha value is -1.14. The molecule has 2 rings (SSSR count). The number of nitrogens with zero attached hydrogens (tertiary/aromatic N) is 2. The van der Waals surface area contributed by atoms with Crippen LogP contribution in [0.3, 0.4) is 0 Å². The third kappa shape index (κ3) is 3.12. The highest BCUT2D eigenvalue weighted by atomic mass is 79.9. The van der Waals surface area contributed by atoms with Crippen LogP contribution < -0.4 is 4.90 Å². The molecule has 6 heteroatoms. The van der Waals surface area contributed by atoms with E-state index in [1.807, 2.05) is 0 Å². The van der Waals surface area contributed by atoms with Crippen molar-refractivity contribution in [3.05, 3.63) is 28.5 Å². The number of benzene rings is 1. The molecule has 0 saturated carbocycles. The van der Waals surface area contributed by atoms with Crippen LogP contribution in [0.5, 0.6) is 0 Å². The van der Waals surface area contributed by atoms with Crippen LogP contribution in [0, 0.1) is 11.7 Å². The van der Waals surface area contributed by atoms with Crippen LogP contribution in [0.15, 0.2) is 22.7 Å². The Morgan fingerprint density at radius 2 is 2.30 bits per heavy atom. The molecule has 0 bridgehead atoms. The number of anilines is 1. The molecule has 1 heterocycles. The monoisotopic (exact) mass is 344 g/mol. The second kappa shape index (κ2) is 6.10. The van der Waals surface area contributed by atoms with E-state index in [0.29, 0.717) is 17.6 Å². The molecule has 2 atom stereocenters. The Balaban J connectivity index is 2.09. The number of hydrogen-bond donors (Lipinski definition) is 1. The van der Waals surface area contributed by atoms with Crippen molar-refractivity contribution < 1.29 is 14.3 Å². The Bertz CT molecular complexity index is 510. The minimum absolute atomic E-state index is 0.0992. The molecule has 1 aliphatic rings. The van der Waals surface area contributed by atoms with Gasteiger partial charge in [0.05, 0.1) is 11.8 Å². The number of aliphatic hydroxyl groups excluding tert-OH is 1. The molecule has 1 N–H and O–H groups in total. The Labute approximate surface area is 126 Å². The van der Waals surface area contributed by atoms with Gasteiger partial charge in [-0.3, -0.25) is 4.90 Å². The van der Waals surface area contributed by atoms with Crippen LogP contribution in [0.4, 0.5) is 14.9 Å². The van der Waals surface area contributed by atoms with Gasteiger partial charge < -0.3 is 10.0 Å². The smallest absolute Gasteiger partial charge is 0.324 e. The first-order chi connectivity index (χ1) is 9.40. The van der Waals surface area contributed by atoms with Crippen LogP contribution in [-0.4, -0.2) is 42.3 Å². The molecule has 0 aliphatic carbocycles. The van der Waals surface area contributed by atoms with Crippen molar-refractivity contribution in [3.8, 4) is 0 Å². The van der Waals surface area contributed by atoms with Gasteiger partial charge in [-0.2, -0.15) is 0 Å². The second-order valence-electron chi connectivity index (χ2n) is 5.17. The van der Waals surface area contributed by atoms with Crippen molar-refractivity contribution in [2.75, 3.05) is 25.0 Å². The molecule has 1 saturated heterocycles. The van der Waals surface area contributed by atoms with Gasteiger partial charge in [0.15, 0.2) is 0 Å². The van der Waals surface area contributed by atoms with E-state index in [2.05, 4.69) is 15.9 Å². The second-order valence-corrected chi connectivity index (χ2v) is 6.09. The zero-order valence-corrected chi connectivity index (χ0v) is 13.1. The summed E-state index contributed by atoms with van der Waals surface area (Å²) in [6.07, 6.45) is 0.350. The topological polar surface area (TPSA) is 43.8 Å². The summed E-state index contributed by atoms with van der Waals surface area (Å²) in [6, 6.07) is 4.36. The minimum atomic E-state index is -0.443. The van der Waals surface area contributed by atoms with E-state index in [4.69, 9.17) is 0 Å². The maximum absolute atomic E-state index is 13.9. The average Bonchev–Trinajstić information content (AvgIpc) is 2.87. The number of halogens is 2. The fourth-order valence-corrected chi connectivity index (χ4v) is 2.76. The molecular weight excluding hydrogens is 327 g/mol. The molecule has 110 valence electrons. The van der Waals surface area contributed by atoms with Crippen LogP contribution >= 0.6 is 15.9 Å². The predicted molar refractivity (Wildman–Crippen MR) is 79.3 cm³/mol. The minimum Gasteiger partial charge on any atom is -0.393 e. The maximum Gasteiger partial charge on any atom is 0.324 e. The number of amides is 2. The third-order valence-corrected chi connectivity index (χ3v) is 4.23. The van der Waals surface area contributed by atoms with E-state index in [9.17, 15) is 14.3 Å². The molecule has 0 spiro atoms. The Morgan fingerprint density at radius 3 is 2.85 bits per heavy atom. The molecule has 1 aromatic rings. The largest absolute Gasteiger partial charge is 0.393 e. The van der Waals surface area contributed by atoms with Gasteiger partial charge >= 0.3 is 6.03 Å². The molecular formula is C14H18BrFN2O2. The highest BCUT2D eigenvalue weighted by Crippen LogP contribution is 2.25. The molecule has 1 aliphatic heterocycles. The summed E-state index contributed by atoms with van der Waals surface area (Å²) in [7, 11) is 1.56. The van der Waals surface area contributed by atoms with Crippen LogP contribution in [0.2, 0.25) is 0 Å². The van der Waals surface area contributed by atoms with Gasteiger partial charge in [0.1, 0.15) is 5.82 Å². The zero-order valence-electron chi connectivity index (χ0n) is 11.5. The number of aliphatic hydroxyl groups is 1. The van der Waals surface area contributed by atoms with E-state index in [1.165, 1.54) is 11.0 Å². The first-order valence-electron chi connectivity index (χ1n) is 6.56. The van der Waals surface area contributed by atoms with Crippen molar-refractivity contribution in [1.82, 2.24) is 4.90 Å². The fourth-order valence-electron chi connectivity index (χ4n) is 2.42. The number of rotatable bonds is 2. The van der Waals surface area contributed by atoms with Gasteiger partial charge in [0.25, 0.3) is 0 Å². The summed E-state index contributed by atoms with van der Waals surface area (Å²) in [5.74, 6) is -0.344. The van der Waals surface area contributed by atoms with Gasteiger partial charge in [0, 0.05) is 30.5 Å². The standard InChI is InChI=1S/C14H18BrFN2O2/c1-9(19)10-5-6-18(8-10)14(20)17(2)13-4-3-11(15)7-12(13)16/h3-4,7,9-10,19H,5-6,8H2,1-2H3. The number of carbonyl (C=O) groups is 1. The van der Waals surface area contributed by atoms with Gasteiger partial charge in [-0.15, -0.1) is 0 Å². The summed E-state index contributed by atoms with van der Waals surface area (Å²) >= 11 is 3.19. The normalized spacial score (nSPS) is 20.1. The molecule has 0 aromatic heterocycles. The van der Waals surface area contributed by atoms with E-state index in [-0.39, 0.29) is 17.6 Å². The van der Waals surface area contributed by atoms with Crippen molar-refractivity contribution in [1.29, 1.82) is 0 Å². The van der Waals surface area contributed by atoms with E-state index in [0.717, 1.165) is 6.42 Å². The van der Waals surface area contributed by atoms with Gasteiger partial charge in [0.2, 0.25) is 0 Å². The molecule has 2 unspecified atom stereocenters. The van der Waals surface area contributed by atoms with Gasteiger partial charge in [-0.1, -0.05) is 15.9 Å². The molecule has 0 radical (unpaired) electrons. The van der Waals surface area contributed by atoms with Gasteiger partial charge in [-0.25, -0.2) is 9.18 Å². The number of likely N-dealkylation sites (tertiary alicyclic amines) is 1. The highest BCUT2D eigenvalue weighted by Gasteiger charge is 2.31. The summed E-state index contributed by atoms with van der Waals surface area (Å²) in [5, 5.41) is 9.57.